The van der Waals surface area contributed by atoms with Crippen LogP contribution in [0.2, 0.25) is 4.34 Å². The maximum Gasteiger partial charge on any atom is 0.313 e. The van der Waals surface area contributed by atoms with Gasteiger partial charge >= 0.3 is 5.97 Å². The molecule has 4 nitrogen and oxygen atoms in total. The highest BCUT2D eigenvalue weighted by molar-refractivity contribution is 7.19. The van der Waals surface area contributed by atoms with Gasteiger partial charge in [0, 0.05) is 6.20 Å². The van der Waals surface area contributed by atoms with Crippen LogP contribution in [-0.4, -0.2) is 21.0 Å². The normalized spacial score (nSPS) is 12.4. The highest BCUT2D eigenvalue weighted by atomic mass is 35.5. The van der Waals surface area contributed by atoms with E-state index in [1.165, 1.54) is 11.3 Å². The number of carboxylic acids is 1. The Kier molecular flexibility index (Phi) is 3.40. The molecule has 2 heterocycles. The molecule has 6 heteroatoms. The average molecular weight is 269 g/mol. The number of aromatic nitrogens is 2. The lowest BCUT2D eigenvalue weighted by molar-refractivity contribution is -0.138. The molecular formula is C11H9ClN2O2S. The van der Waals surface area contributed by atoms with E-state index in [0.29, 0.717) is 15.9 Å². The Bertz CT molecular complexity index is 556. The summed E-state index contributed by atoms with van der Waals surface area (Å²) in [4.78, 5) is 20.0. The molecule has 1 N–H and O–H groups in total. The maximum atomic E-state index is 10.9. The molecule has 2 aromatic rings. The predicted octanol–water partition coefficient (Wildman–Crippen LogP) is 3.05. The van der Waals surface area contributed by atoms with E-state index >= 15 is 0 Å². The molecule has 0 saturated heterocycles. The highest BCUT2D eigenvalue weighted by Crippen LogP contribution is 2.29. The third kappa shape index (κ3) is 2.62. The lowest BCUT2D eigenvalue weighted by Crippen LogP contribution is -2.11. The first-order valence-corrected chi connectivity index (χ1v) is 6.09. The van der Waals surface area contributed by atoms with Crippen molar-refractivity contribution >= 4 is 28.9 Å². The molecule has 17 heavy (non-hydrogen) atoms. The molecular weight excluding hydrogens is 260 g/mol. The van der Waals surface area contributed by atoms with Crippen molar-refractivity contribution in [3.05, 3.63) is 34.6 Å². The molecule has 0 radical (unpaired) electrons. The Morgan fingerprint density at radius 1 is 1.47 bits per heavy atom. The van der Waals surface area contributed by atoms with E-state index in [1.54, 1.807) is 25.3 Å². The van der Waals surface area contributed by atoms with E-state index in [-0.39, 0.29) is 0 Å². The molecule has 0 fully saturated rings. The Hall–Kier alpha value is -1.46. The Labute approximate surface area is 107 Å². The van der Waals surface area contributed by atoms with Gasteiger partial charge in [-0.1, -0.05) is 11.6 Å². The van der Waals surface area contributed by atoms with Gasteiger partial charge in [0.05, 0.1) is 14.9 Å². The zero-order chi connectivity index (χ0) is 12.4. The van der Waals surface area contributed by atoms with Crippen molar-refractivity contribution in [2.75, 3.05) is 0 Å². The van der Waals surface area contributed by atoms with Gasteiger partial charge in [-0.25, -0.2) is 9.97 Å². The summed E-state index contributed by atoms with van der Waals surface area (Å²) in [5.41, 5.74) is 0.694. The molecule has 0 aliphatic rings. The molecule has 0 aliphatic heterocycles. The molecule has 0 bridgehead atoms. The van der Waals surface area contributed by atoms with Crippen molar-refractivity contribution in [1.82, 2.24) is 9.97 Å². The van der Waals surface area contributed by atoms with Crippen molar-refractivity contribution in [1.29, 1.82) is 0 Å². The van der Waals surface area contributed by atoms with Crippen LogP contribution in [0.5, 0.6) is 0 Å². The molecule has 0 saturated carbocycles. The van der Waals surface area contributed by atoms with Crippen LogP contribution in [0, 0.1) is 0 Å². The molecule has 2 aromatic heterocycles. The number of thiophene rings is 1. The summed E-state index contributed by atoms with van der Waals surface area (Å²) in [6.07, 6.45) is 1.56. The van der Waals surface area contributed by atoms with Crippen molar-refractivity contribution in [3.63, 3.8) is 0 Å². The van der Waals surface area contributed by atoms with Gasteiger partial charge in [0.2, 0.25) is 0 Å². The zero-order valence-corrected chi connectivity index (χ0v) is 10.5. The third-order valence-corrected chi connectivity index (χ3v) is 3.51. The number of halogens is 1. The summed E-state index contributed by atoms with van der Waals surface area (Å²) in [5.74, 6) is -1.35. The van der Waals surface area contributed by atoms with Gasteiger partial charge in [0.15, 0.2) is 0 Å². The lowest BCUT2D eigenvalue weighted by atomic mass is 10.1. The second-order valence-corrected chi connectivity index (χ2v) is 5.18. The van der Waals surface area contributed by atoms with Gasteiger partial charge in [-0.15, -0.1) is 11.3 Å². The molecule has 0 spiro atoms. The van der Waals surface area contributed by atoms with E-state index in [1.807, 2.05) is 6.07 Å². The number of carboxylic acid groups (broad SMARTS) is 1. The van der Waals surface area contributed by atoms with Crippen molar-refractivity contribution in [2.45, 2.75) is 12.8 Å². The summed E-state index contributed by atoms with van der Waals surface area (Å²) in [6.45, 7) is 1.56. The smallest absolute Gasteiger partial charge is 0.313 e. The van der Waals surface area contributed by atoms with Crippen LogP contribution in [0.3, 0.4) is 0 Å². The van der Waals surface area contributed by atoms with Gasteiger partial charge in [0.25, 0.3) is 0 Å². The first-order valence-electron chi connectivity index (χ1n) is 4.89. The van der Waals surface area contributed by atoms with Gasteiger partial charge < -0.3 is 5.11 Å². The average Bonchev–Trinajstić information content (AvgIpc) is 2.75. The largest absolute Gasteiger partial charge is 0.481 e. The fourth-order valence-electron chi connectivity index (χ4n) is 1.28. The monoisotopic (exact) mass is 268 g/mol. The summed E-state index contributed by atoms with van der Waals surface area (Å²) in [5, 5.41) is 8.90. The second-order valence-electron chi connectivity index (χ2n) is 3.46. The Balaban J connectivity index is 2.38. The molecule has 0 aromatic carbocycles. The van der Waals surface area contributed by atoms with Crippen LogP contribution in [0.15, 0.2) is 24.4 Å². The zero-order valence-electron chi connectivity index (χ0n) is 8.92. The number of carbonyl (C=O) groups is 1. The fourth-order valence-corrected chi connectivity index (χ4v) is 2.29. The topological polar surface area (TPSA) is 63.1 Å². The number of hydrogen-bond acceptors (Lipinski definition) is 4. The van der Waals surface area contributed by atoms with Crippen LogP contribution in [-0.2, 0) is 4.79 Å². The Morgan fingerprint density at radius 2 is 2.24 bits per heavy atom. The maximum absolute atomic E-state index is 10.9. The predicted molar refractivity (Wildman–Crippen MR) is 66.4 cm³/mol. The third-order valence-electron chi connectivity index (χ3n) is 2.26. The van der Waals surface area contributed by atoms with E-state index in [9.17, 15) is 4.79 Å². The van der Waals surface area contributed by atoms with Crippen molar-refractivity contribution in [3.8, 4) is 10.6 Å². The summed E-state index contributed by atoms with van der Waals surface area (Å²) in [7, 11) is 0. The minimum absolute atomic E-state index is 0.305. The van der Waals surface area contributed by atoms with Crippen LogP contribution in [0.4, 0.5) is 0 Å². The second kappa shape index (κ2) is 4.81. The van der Waals surface area contributed by atoms with Gasteiger partial charge in [-0.05, 0) is 25.1 Å². The first kappa shape index (κ1) is 12.0. The van der Waals surface area contributed by atoms with E-state index in [2.05, 4.69) is 9.97 Å². The van der Waals surface area contributed by atoms with E-state index in [0.717, 1.165) is 4.88 Å². The highest BCUT2D eigenvalue weighted by Gasteiger charge is 2.17. The van der Waals surface area contributed by atoms with E-state index in [4.69, 9.17) is 16.7 Å². The van der Waals surface area contributed by atoms with Crippen LogP contribution in [0.1, 0.15) is 18.7 Å². The van der Waals surface area contributed by atoms with Crippen LogP contribution in [0.25, 0.3) is 10.6 Å². The van der Waals surface area contributed by atoms with Gasteiger partial charge in [-0.2, -0.15) is 0 Å². The SMILES string of the molecule is CC(C(=O)O)c1nccc(-c2ccc(Cl)s2)n1. The van der Waals surface area contributed by atoms with Crippen molar-refractivity contribution in [2.24, 2.45) is 0 Å². The number of rotatable bonds is 3. The van der Waals surface area contributed by atoms with E-state index < -0.39 is 11.9 Å². The van der Waals surface area contributed by atoms with Crippen LogP contribution >= 0.6 is 22.9 Å². The molecule has 2 rings (SSSR count). The summed E-state index contributed by atoms with van der Waals surface area (Å²) < 4.78 is 0.673. The molecule has 0 aliphatic carbocycles. The number of hydrogen-bond donors (Lipinski definition) is 1. The Morgan fingerprint density at radius 3 is 2.82 bits per heavy atom. The summed E-state index contributed by atoms with van der Waals surface area (Å²) >= 11 is 7.24. The number of nitrogens with zero attached hydrogens (tertiary/aromatic N) is 2. The fraction of sp³-hybridized carbons (Fsp3) is 0.182. The van der Waals surface area contributed by atoms with Gasteiger partial charge in [-0.3, -0.25) is 4.79 Å². The van der Waals surface area contributed by atoms with Crippen molar-refractivity contribution < 1.29 is 9.90 Å². The quantitative estimate of drug-likeness (QED) is 0.929. The standard InChI is InChI=1S/C11H9ClN2O2S/c1-6(11(15)16)10-13-5-4-7(14-10)8-2-3-9(12)17-8/h2-6H,1H3,(H,15,16). The van der Waals surface area contributed by atoms with Gasteiger partial charge in [0.1, 0.15) is 11.7 Å². The minimum atomic E-state index is -0.939. The first-order chi connectivity index (χ1) is 8.08. The minimum Gasteiger partial charge on any atom is -0.481 e. The lowest BCUT2D eigenvalue weighted by Gasteiger charge is -2.05. The molecule has 1 unspecified atom stereocenters. The molecule has 0 amide bonds. The number of aliphatic carboxylic acids is 1. The summed E-state index contributed by atoms with van der Waals surface area (Å²) in [6, 6.07) is 5.37. The molecule has 88 valence electrons. The van der Waals surface area contributed by atoms with Crippen LogP contribution < -0.4 is 0 Å². The molecule has 1 atom stereocenters.